The Labute approximate surface area is 103 Å². The molecule has 0 aromatic carbocycles. The lowest BCUT2D eigenvalue weighted by Gasteiger charge is -2.25. The lowest BCUT2D eigenvalue weighted by atomic mass is 10.4. The predicted octanol–water partition coefficient (Wildman–Crippen LogP) is -0.594. The fourth-order valence-electron chi connectivity index (χ4n) is 1.50. The molecule has 2 amide bonds. The first-order chi connectivity index (χ1) is 8.66. The zero-order valence-corrected chi connectivity index (χ0v) is 9.54. The molecule has 0 saturated carbocycles. The molecule has 0 bridgehead atoms. The van der Waals surface area contributed by atoms with Crippen LogP contribution in [0.2, 0.25) is 0 Å². The number of hydrogen-bond acceptors (Lipinski definition) is 6. The first-order valence-corrected chi connectivity index (χ1v) is 5.33. The van der Waals surface area contributed by atoms with Gasteiger partial charge in [-0.2, -0.15) is 0 Å². The molecule has 0 unspecified atom stereocenters. The molecular formula is C10H12N4O4. The average molecular weight is 252 g/mol. The maximum absolute atomic E-state index is 11.9. The molecule has 1 aromatic heterocycles. The number of hydrogen-bond donors (Lipinski definition) is 1. The van der Waals surface area contributed by atoms with Gasteiger partial charge in [0.15, 0.2) is 5.75 Å². The molecule has 1 aliphatic rings. The molecule has 1 fully saturated rings. The van der Waals surface area contributed by atoms with Crippen LogP contribution >= 0.6 is 0 Å². The van der Waals surface area contributed by atoms with Gasteiger partial charge < -0.3 is 20.1 Å². The van der Waals surface area contributed by atoms with Crippen LogP contribution in [0.4, 0.5) is 4.79 Å². The van der Waals surface area contributed by atoms with E-state index in [9.17, 15) is 9.59 Å². The van der Waals surface area contributed by atoms with Crippen molar-refractivity contribution in [3.8, 4) is 5.75 Å². The summed E-state index contributed by atoms with van der Waals surface area (Å²) in [5.41, 5.74) is 4.83. The van der Waals surface area contributed by atoms with Gasteiger partial charge in [0.2, 0.25) is 5.82 Å². The van der Waals surface area contributed by atoms with E-state index < -0.39 is 6.09 Å². The number of nitrogens with two attached hydrogens (primary N) is 1. The Morgan fingerprint density at radius 2 is 1.89 bits per heavy atom. The molecule has 18 heavy (non-hydrogen) atoms. The SMILES string of the molecule is NC(=O)Oc1cnc(C(=O)N2CCOCC2)nc1. The van der Waals surface area contributed by atoms with Gasteiger partial charge in [-0.1, -0.05) is 0 Å². The van der Waals surface area contributed by atoms with E-state index in [1.807, 2.05) is 0 Å². The van der Waals surface area contributed by atoms with Crippen LogP contribution in [0.5, 0.6) is 5.75 Å². The maximum atomic E-state index is 11.9. The standard InChI is InChI=1S/C10H12N4O4/c11-10(16)18-7-5-12-8(13-6-7)9(15)14-1-3-17-4-2-14/h5-6H,1-4H2,(H2,11,16). The largest absolute Gasteiger partial charge is 0.410 e. The maximum Gasteiger partial charge on any atom is 0.410 e. The summed E-state index contributed by atoms with van der Waals surface area (Å²) in [6.45, 7) is 2.05. The lowest BCUT2D eigenvalue weighted by Crippen LogP contribution is -2.41. The second-order valence-electron chi connectivity index (χ2n) is 3.57. The van der Waals surface area contributed by atoms with E-state index in [1.54, 1.807) is 4.90 Å². The summed E-state index contributed by atoms with van der Waals surface area (Å²) >= 11 is 0. The van der Waals surface area contributed by atoms with Crippen LogP contribution in [0.15, 0.2) is 12.4 Å². The van der Waals surface area contributed by atoms with Gasteiger partial charge in [0.1, 0.15) is 0 Å². The number of primary amides is 1. The Kier molecular flexibility index (Phi) is 3.68. The molecule has 8 heteroatoms. The molecule has 0 spiro atoms. The Morgan fingerprint density at radius 3 is 2.44 bits per heavy atom. The second kappa shape index (κ2) is 5.41. The minimum atomic E-state index is -0.953. The van der Waals surface area contributed by atoms with Gasteiger partial charge in [0.05, 0.1) is 25.6 Å². The number of ether oxygens (including phenoxy) is 2. The Balaban J connectivity index is 2.04. The third kappa shape index (κ3) is 2.92. The highest BCUT2D eigenvalue weighted by atomic mass is 16.5. The van der Waals surface area contributed by atoms with Crippen molar-refractivity contribution in [3.05, 3.63) is 18.2 Å². The van der Waals surface area contributed by atoms with E-state index in [4.69, 9.17) is 10.5 Å². The smallest absolute Gasteiger partial charge is 0.407 e. The zero-order valence-electron chi connectivity index (χ0n) is 9.54. The summed E-state index contributed by atoms with van der Waals surface area (Å²) in [5.74, 6) is -0.126. The predicted molar refractivity (Wildman–Crippen MR) is 59.0 cm³/mol. The summed E-state index contributed by atoms with van der Waals surface area (Å²) in [7, 11) is 0. The third-order valence-electron chi connectivity index (χ3n) is 2.34. The summed E-state index contributed by atoms with van der Waals surface area (Å²) in [5, 5.41) is 0. The summed E-state index contributed by atoms with van der Waals surface area (Å²) in [4.78, 5) is 31.7. The van der Waals surface area contributed by atoms with E-state index >= 15 is 0 Å². The summed E-state index contributed by atoms with van der Waals surface area (Å²) < 4.78 is 9.71. The molecule has 1 aliphatic heterocycles. The van der Waals surface area contributed by atoms with Crippen LogP contribution in [0.1, 0.15) is 10.6 Å². The molecule has 0 atom stereocenters. The van der Waals surface area contributed by atoms with Gasteiger partial charge in [0.25, 0.3) is 5.91 Å². The van der Waals surface area contributed by atoms with Crippen LogP contribution in [-0.2, 0) is 4.74 Å². The fourth-order valence-corrected chi connectivity index (χ4v) is 1.50. The quantitative estimate of drug-likeness (QED) is 0.753. The second-order valence-corrected chi connectivity index (χ2v) is 3.57. The van der Waals surface area contributed by atoms with Crippen molar-refractivity contribution >= 4 is 12.0 Å². The first kappa shape index (κ1) is 12.2. The number of carbonyl (C=O) groups is 2. The number of amides is 2. The van der Waals surface area contributed by atoms with E-state index in [1.165, 1.54) is 12.4 Å². The van der Waals surface area contributed by atoms with E-state index in [2.05, 4.69) is 14.7 Å². The van der Waals surface area contributed by atoms with Gasteiger partial charge in [-0.05, 0) is 0 Å². The van der Waals surface area contributed by atoms with Gasteiger partial charge in [-0.15, -0.1) is 0 Å². The Morgan fingerprint density at radius 1 is 1.28 bits per heavy atom. The lowest BCUT2D eigenvalue weighted by molar-refractivity contribution is 0.0294. The average Bonchev–Trinajstić information content (AvgIpc) is 2.39. The van der Waals surface area contributed by atoms with Crippen LogP contribution in [0.25, 0.3) is 0 Å². The van der Waals surface area contributed by atoms with Crippen LogP contribution < -0.4 is 10.5 Å². The number of carbonyl (C=O) groups excluding carboxylic acids is 2. The molecule has 0 aliphatic carbocycles. The highest BCUT2D eigenvalue weighted by Crippen LogP contribution is 2.08. The molecule has 0 radical (unpaired) electrons. The number of rotatable bonds is 2. The van der Waals surface area contributed by atoms with Crippen molar-refractivity contribution < 1.29 is 19.1 Å². The fraction of sp³-hybridized carbons (Fsp3) is 0.400. The number of morpholine rings is 1. The van der Waals surface area contributed by atoms with Crippen molar-refractivity contribution in [3.63, 3.8) is 0 Å². The third-order valence-corrected chi connectivity index (χ3v) is 2.34. The van der Waals surface area contributed by atoms with Crippen molar-refractivity contribution in [2.24, 2.45) is 5.73 Å². The molecule has 8 nitrogen and oxygen atoms in total. The zero-order chi connectivity index (χ0) is 13.0. The summed E-state index contributed by atoms with van der Waals surface area (Å²) in [6.07, 6.45) is 1.50. The Bertz CT molecular complexity index is 442. The van der Waals surface area contributed by atoms with Crippen molar-refractivity contribution in [2.45, 2.75) is 0 Å². The van der Waals surface area contributed by atoms with Gasteiger partial charge in [0, 0.05) is 13.1 Å². The molecule has 2 rings (SSSR count). The molecule has 1 aromatic rings. The van der Waals surface area contributed by atoms with Crippen molar-refractivity contribution in [1.29, 1.82) is 0 Å². The molecular weight excluding hydrogens is 240 g/mol. The van der Waals surface area contributed by atoms with Gasteiger partial charge >= 0.3 is 6.09 Å². The van der Waals surface area contributed by atoms with E-state index in [-0.39, 0.29) is 17.5 Å². The Hall–Kier alpha value is -2.22. The molecule has 1 saturated heterocycles. The summed E-state index contributed by atoms with van der Waals surface area (Å²) in [6, 6.07) is 0. The number of aromatic nitrogens is 2. The molecule has 96 valence electrons. The minimum absolute atomic E-state index is 0.0497. The normalized spacial score (nSPS) is 15.2. The molecule has 2 heterocycles. The van der Waals surface area contributed by atoms with Crippen LogP contribution in [-0.4, -0.2) is 53.2 Å². The highest BCUT2D eigenvalue weighted by Gasteiger charge is 2.20. The van der Waals surface area contributed by atoms with Crippen molar-refractivity contribution in [2.75, 3.05) is 26.3 Å². The first-order valence-electron chi connectivity index (χ1n) is 5.33. The number of nitrogens with zero attached hydrogens (tertiary/aromatic N) is 3. The van der Waals surface area contributed by atoms with Crippen LogP contribution in [0, 0.1) is 0 Å². The van der Waals surface area contributed by atoms with Crippen LogP contribution in [0.3, 0.4) is 0 Å². The molecule has 2 N–H and O–H groups in total. The van der Waals surface area contributed by atoms with E-state index in [0.717, 1.165) is 0 Å². The topological polar surface area (TPSA) is 108 Å². The van der Waals surface area contributed by atoms with Crippen molar-refractivity contribution in [1.82, 2.24) is 14.9 Å². The van der Waals surface area contributed by atoms with Gasteiger partial charge in [-0.25, -0.2) is 14.8 Å². The van der Waals surface area contributed by atoms with E-state index in [0.29, 0.717) is 26.3 Å². The minimum Gasteiger partial charge on any atom is -0.407 e. The van der Waals surface area contributed by atoms with Gasteiger partial charge in [-0.3, -0.25) is 4.79 Å². The highest BCUT2D eigenvalue weighted by molar-refractivity contribution is 5.90. The monoisotopic (exact) mass is 252 g/mol.